The first-order valence-corrected chi connectivity index (χ1v) is 13.9. The van der Waals surface area contributed by atoms with Crippen molar-refractivity contribution in [2.24, 2.45) is 5.92 Å². The Balaban J connectivity index is 1.62. The van der Waals surface area contributed by atoms with Crippen LogP contribution in [0.25, 0.3) is 23.0 Å². The molecule has 0 spiro atoms. The van der Waals surface area contributed by atoms with Crippen molar-refractivity contribution in [1.29, 1.82) is 5.26 Å². The van der Waals surface area contributed by atoms with E-state index < -0.39 is 17.9 Å². The normalized spacial score (nSPS) is 15.3. The van der Waals surface area contributed by atoms with Gasteiger partial charge in [-0.3, -0.25) is 14.5 Å². The van der Waals surface area contributed by atoms with Crippen LogP contribution in [-0.2, 0) is 9.59 Å². The van der Waals surface area contributed by atoms with E-state index in [4.69, 9.17) is 9.84 Å². The Labute approximate surface area is 246 Å². The Kier molecular flexibility index (Phi) is 8.16. The van der Waals surface area contributed by atoms with Gasteiger partial charge >= 0.3 is 0 Å². The minimum absolute atomic E-state index is 0.0488. The molecule has 42 heavy (non-hydrogen) atoms. The van der Waals surface area contributed by atoms with Crippen molar-refractivity contribution in [3.8, 4) is 28.8 Å². The smallest absolute Gasteiger partial charge is 0.272 e. The number of ether oxygens (including phenoxy) is 1. The summed E-state index contributed by atoms with van der Waals surface area (Å²) in [4.78, 5) is 28.5. The maximum absolute atomic E-state index is 14.0. The first-order valence-electron chi connectivity index (χ1n) is 13.9. The molecule has 0 aliphatic carbocycles. The number of amides is 2. The van der Waals surface area contributed by atoms with E-state index in [1.807, 2.05) is 97.2 Å². The summed E-state index contributed by atoms with van der Waals surface area (Å²) in [6, 6.07) is 28.2. The van der Waals surface area contributed by atoms with Gasteiger partial charge in [0.15, 0.2) is 0 Å². The summed E-state index contributed by atoms with van der Waals surface area (Å²) in [7, 11) is 0. The summed E-state index contributed by atoms with van der Waals surface area (Å²) in [5, 5.41) is 14.8. The molecule has 1 aliphatic heterocycles. The summed E-state index contributed by atoms with van der Waals surface area (Å²) in [6.07, 6.45) is 3.59. The molecule has 1 unspecified atom stereocenters. The van der Waals surface area contributed by atoms with E-state index in [0.29, 0.717) is 29.4 Å². The van der Waals surface area contributed by atoms with Crippen LogP contribution in [0.3, 0.4) is 0 Å². The highest BCUT2D eigenvalue weighted by Gasteiger charge is 2.38. The van der Waals surface area contributed by atoms with E-state index in [1.165, 1.54) is 4.90 Å². The Morgan fingerprint density at radius 1 is 0.905 bits per heavy atom. The Morgan fingerprint density at radius 3 is 2.17 bits per heavy atom. The van der Waals surface area contributed by atoms with Crippen LogP contribution in [0.5, 0.6) is 5.75 Å². The number of nitrogens with zero attached hydrogens (tertiary/aromatic N) is 4. The molecule has 1 atom stereocenters. The van der Waals surface area contributed by atoms with Gasteiger partial charge in [-0.25, -0.2) is 4.68 Å². The molecule has 1 aliphatic rings. The molecule has 2 amide bonds. The number of aromatic nitrogens is 2. The maximum Gasteiger partial charge on any atom is 0.272 e. The third-order valence-corrected chi connectivity index (χ3v) is 7.22. The molecule has 0 saturated carbocycles. The molecule has 5 rings (SSSR count). The van der Waals surface area contributed by atoms with Gasteiger partial charge in [0.05, 0.1) is 24.0 Å². The standard InChI is InChI=1S/C35H32N4O3/c1-23(2)22-42-30-17-15-27(16-18-30)33-28(21-38(37-33)29-13-9-6-10-14-29)19-31-24(3)32(20-36)35(41)39(34(31)40)25(4)26-11-7-5-8-12-26/h5-19,21,23,25H,22H2,1-4H3/b31-19+. The lowest BCUT2D eigenvalue weighted by molar-refractivity contribution is -0.143. The second-order valence-electron chi connectivity index (χ2n) is 10.7. The second kappa shape index (κ2) is 12.1. The van der Waals surface area contributed by atoms with Crippen molar-refractivity contribution in [2.45, 2.75) is 33.7 Å². The van der Waals surface area contributed by atoms with Gasteiger partial charge in [0.25, 0.3) is 11.8 Å². The van der Waals surface area contributed by atoms with Crippen LogP contribution >= 0.6 is 0 Å². The van der Waals surface area contributed by atoms with Gasteiger partial charge in [0.1, 0.15) is 17.4 Å². The van der Waals surface area contributed by atoms with Crippen LogP contribution in [0.15, 0.2) is 108 Å². The highest BCUT2D eigenvalue weighted by molar-refractivity contribution is 6.20. The predicted molar refractivity (Wildman–Crippen MR) is 162 cm³/mol. The average molecular weight is 557 g/mol. The summed E-state index contributed by atoms with van der Waals surface area (Å²) in [6.45, 7) is 8.25. The molecule has 210 valence electrons. The zero-order chi connectivity index (χ0) is 29.8. The number of para-hydroxylation sites is 1. The zero-order valence-corrected chi connectivity index (χ0v) is 24.1. The Bertz CT molecular complexity index is 1710. The van der Waals surface area contributed by atoms with Crippen molar-refractivity contribution in [2.75, 3.05) is 6.61 Å². The molecule has 0 N–H and O–H groups in total. The minimum Gasteiger partial charge on any atom is -0.493 e. The van der Waals surface area contributed by atoms with Crippen LogP contribution in [0.1, 0.15) is 44.9 Å². The van der Waals surface area contributed by atoms with Gasteiger partial charge in [0, 0.05) is 22.9 Å². The topological polar surface area (TPSA) is 88.2 Å². The van der Waals surface area contributed by atoms with Crippen LogP contribution < -0.4 is 4.74 Å². The molecular weight excluding hydrogens is 524 g/mol. The van der Waals surface area contributed by atoms with Crippen LogP contribution in [0.2, 0.25) is 0 Å². The zero-order valence-electron chi connectivity index (χ0n) is 24.1. The first kappa shape index (κ1) is 28.3. The molecule has 0 bridgehead atoms. The molecule has 2 heterocycles. The van der Waals surface area contributed by atoms with Gasteiger partial charge in [-0.2, -0.15) is 10.4 Å². The second-order valence-corrected chi connectivity index (χ2v) is 10.7. The summed E-state index contributed by atoms with van der Waals surface area (Å²) in [5.41, 5.74) is 4.40. The number of hydrogen-bond donors (Lipinski definition) is 0. The van der Waals surface area contributed by atoms with Crippen molar-refractivity contribution in [1.82, 2.24) is 14.7 Å². The quantitative estimate of drug-likeness (QED) is 0.174. The van der Waals surface area contributed by atoms with Gasteiger partial charge in [-0.05, 0) is 73.4 Å². The van der Waals surface area contributed by atoms with Crippen molar-refractivity contribution in [3.63, 3.8) is 0 Å². The molecule has 7 nitrogen and oxygen atoms in total. The van der Waals surface area contributed by atoms with E-state index in [1.54, 1.807) is 24.6 Å². The Morgan fingerprint density at radius 2 is 1.55 bits per heavy atom. The summed E-state index contributed by atoms with van der Waals surface area (Å²) >= 11 is 0. The molecule has 0 fully saturated rings. The molecule has 0 saturated heterocycles. The summed E-state index contributed by atoms with van der Waals surface area (Å²) in [5.74, 6) is 0.122. The number of rotatable bonds is 8. The minimum atomic E-state index is -0.592. The van der Waals surface area contributed by atoms with Gasteiger partial charge in [0.2, 0.25) is 0 Å². The van der Waals surface area contributed by atoms with Crippen molar-refractivity contribution < 1.29 is 14.3 Å². The van der Waals surface area contributed by atoms with Crippen LogP contribution in [0.4, 0.5) is 0 Å². The maximum atomic E-state index is 14.0. The third-order valence-electron chi connectivity index (χ3n) is 7.22. The van der Waals surface area contributed by atoms with E-state index >= 15 is 0 Å². The molecule has 3 aromatic carbocycles. The number of benzene rings is 3. The molecule has 0 radical (unpaired) electrons. The van der Waals surface area contributed by atoms with Crippen LogP contribution in [-0.4, -0.2) is 33.1 Å². The molecular formula is C35H32N4O3. The van der Waals surface area contributed by atoms with Crippen molar-refractivity contribution in [3.05, 3.63) is 119 Å². The lowest BCUT2D eigenvalue weighted by atomic mass is 9.91. The number of hydrogen-bond acceptors (Lipinski definition) is 5. The van der Waals surface area contributed by atoms with Crippen LogP contribution in [0, 0.1) is 17.2 Å². The van der Waals surface area contributed by atoms with E-state index in [0.717, 1.165) is 22.6 Å². The highest BCUT2D eigenvalue weighted by Crippen LogP contribution is 2.35. The van der Waals surface area contributed by atoms with E-state index in [9.17, 15) is 14.9 Å². The first-order chi connectivity index (χ1) is 20.3. The number of carbonyl (C=O) groups is 2. The molecule has 1 aromatic heterocycles. The van der Waals surface area contributed by atoms with Gasteiger partial charge in [-0.1, -0.05) is 62.4 Å². The fourth-order valence-electron chi connectivity index (χ4n) is 4.89. The highest BCUT2D eigenvalue weighted by atomic mass is 16.5. The average Bonchev–Trinajstić information content (AvgIpc) is 3.43. The van der Waals surface area contributed by atoms with E-state index in [2.05, 4.69) is 13.8 Å². The fourth-order valence-corrected chi connectivity index (χ4v) is 4.89. The fraction of sp³-hybridized carbons (Fsp3) is 0.200. The SMILES string of the molecule is CC1=C(C#N)C(=O)N(C(C)c2ccccc2)C(=O)/C1=C/c1cn(-c2ccccc2)nc1-c1ccc(OCC(C)C)cc1. The van der Waals surface area contributed by atoms with Gasteiger partial charge in [-0.15, -0.1) is 0 Å². The monoisotopic (exact) mass is 556 g/mol. The number of carbonyl (C=O) groups excluding carboxylic acids is 2. The van der Waals surface area contributed by atoms with E-state index in [-0.39, 0.29) is 11.1 Å². The predicted octanol–water partition coefficient (Wildman–Crippen LogP) is 6.93. The number of imide groups is 1. The number of nitriles is 1. The Hall–Kier alpha value is -5.22. The lowest BCUT2D eigenvalue weighted by Gasteiger charge is -2.32. The van der Waals surface area contributed by atoms with Gasteiger partial charge < -0.3 is 4.74 Å². The van der Waals surface area contributed by atoms with Crippen molar-refractivity contribution >= 4 is 17.9 Å². The third kappa shape index (κ3) is 5.65. The largest absolute Gasteiger partial charge is 0.493 e. The molecule has 7 heteroatoms. The lowest BCUT2D eigenvalue weighted by Crippen LogP contribution is -2.44. The summed E-state index contributed by atoms with van der Waals surface area (Å²) < 4.78 is 7.62. The molecule has 4 aromatic rings.